The fraction of sp³-hybridized carbons (Fsp3) is 0.154. The number of hydrogen-bond donors (Lipinski definition) is 2. The molecule has 21 heavy (non-hydrogen) atoms. The molecule has 2 rings (SSSR count). The highest BCUT2D eigenvalue weighted by Crippen LogP contribution is 2.32. The number of nitrogens with two attached hydrogens (primary N) is 1. The number of para-hydroxylation sites is 1. The summed E-state index contributed by atoms with van der Waals surface area (Å²) >= 11 is 6.02. The Labute approximate surface area is 130 Å². The maximum Gasteiger partial charge on any atom is 0.344 e. The van der Waals surface area contributed by atoms with E-state index in [1.165, 1.54) is 6.92 Å². The van der Waals surface area contributed by atoms with Crippen molar-refractivity contribution in [2.24, 2.45) is 5.84 Å². The van der Waals surface area contributed by atoms with Gasteiger partial charge in [0.05, 0.1) is 4.91 Å². The number of thiocarbonyl (C=S) groups is 1. The maximum atomic E-state index is 11.9. The molecule has 1 saturated heterocycles. The van der Waals surface area contributed by atoms with E-state index in [2.05, 4.69) is 0 Å². The summed E-state index contributed by atoms with van der Waals surface area (Å²) in [5.41, 5.74) is 0.583. The number of rotatable bonds is 4. The molecule has 0 spiro atoms. The van der Waals surface area contributed by atoms with Crippen molar-refractivity contribution in [1.29, 1.82) is 0 Å². The maximum absolute atomic E-state index is 11.9. The SMILES string of the molecule is CC(Oc1ccccc1/C=C1\SC(=S)N(N)C1=O)C(=O)O. The number of benzene rings is 1. The summed E-state index contributed by atoms with van der Waals surface area (Å²) in [4.78, 5) is 23.1. The van der Waals surface area contributed by atoms with E-state index in [1.807, 2.05) is 0 Å². The van der Waals surface area contributed by atoms with Gasteiger partial charge in [-0.2, -0.15) is 0 Å². The number of hydrazine groups is 1. The fourth-order valence-electron chi connectivity index (χ4n) is 1.57. The van der Waals surface area contributed by atoms with Crippen LogP contribution in [-0.4, -0.2) is 32.4 Å². The van der Waals surface area contributed by atoms with E-state index >= 15 is 0 Å². The molecule has 1 atom stereocenters. The third-order valence-electron chi connectivity index (χ3n) is 2.68. The van der Waals surface area contributed by atoms with Crippen LogP contribution in [0.25, 0.3) is 6.08 Å². The molecule has 110 valence electrons. The lowest BCUT2D eigenvalue weighted by Gasteiger charge is -2.12. The van der Waals surface area contributed by atoms with Crippen LogP contribution >= 0.6 is 24.0 Å². The van der Waals surface area contributed by atoms with Crippen LogP contribution in [0.1, 0.15) is 12.5 Å². The molecule has 1 aromatic carbocycles. The van der Waals surface area contributed by atoms with Gasteiger partial charge in [-0.05, 0) is 19.1 Å². The van der Waals surface area contributed by atoms with E-state index in [-0.39, 0.29) is 4.32 Å². The van der Waals surface area contributed by atoms with Crippen molar-refractivity contribution >= 4 is 46.3 Å². The van der Waals surface area contributed by atoms with Gasteiger partial charge in [-0.1, -0.05) is 42.2 Å². The number of carbonyl (C=O) groups is 2. The zero-order chi connectivity index (χ0) is 15.6. The molecule has 1 aromatic rings. The van der Waals surface area contributed by atoms with Crippen molar-refractivity contribution in [3.8, 4) is 5.75 Å². The Kier molecular flexibility index (Phi) is 4.61. The van der Waals surface area contributed by atoms with E-state index < -0.39 is 18.0 Å². The first kappa shape index (κ1) is 15.5. The summed E-state index contributed by atoms with van der Waals surface area (Å²) in [6.07, 6.45) is 0.583. The monoisotopic (exact) mass is 324 g/mol. The van der Waals surface area contributed by atoms with Crippen LogP contribution in [0.4, 0.5) is 0 Å². The second kappa shape index (κ2) is 6.25. The number of hydrogen-bond acceptors (Lipinski definition) is 6. The van der Waals surface area contributed by atoms with Crippen LogP contribution in [0.3, 0.4) is 0 Å². The Morgan fingerprint density at radius 3 is 2.76 bits per heavy atom. The molecule has 6 nitrogen and oxygen atoms in total. The zero-order valence-electron chi connectivity index (χ0n) is 11.0. The van der Waals surface area contributed by atoms with Crippen LogP contribution in [0.2, 0.25) is 0 Å². The molecule has 3 N–H and O–H groups in total. The average molecular weight is 324 g/mol. The Bertz CT molecular complexity index is 645. The third kappa shape index (κ3) is 3.41. The van der Waals surface area contributed by atoms with Gasteiger partial charge in [0.25, 0.3) is 5.91 Å². The quantitative estimate of drug-likeness (QED) is 0.376. The third-order valence-corrected chi connectivity index (χ3v) is 4.01. The van der Waals surface area contributed by atoms with E-state index in [1.54, 1.807) is 30.3 Å². The summed E-state index contributed by atoms with van der Waals surface area (Å²) in [6.45, 7) is 1.43. The average Bonchev–Trinajstić information content (AvgIpc) is 2.68. The lowest BCUT2D eigenvalue weighted by Crippen LogP contribution is -2.34. The summed E-state index contributed by atoms with van der Waals surface area (Å²) in [5.74, 6) is 4.40. The first-order chi connectivity index (χ1) is 9.90. The summed E-state index contributed by atoms with van der Waals surface area (Å²) in [5, 5.41) is 9.79. The highest BCUT2D eigenvalue weighted by molar-refractivity contribution is 8.26. The summed E-state index contributed by atoms with van der Waals surface area (Å²) < 4.78 is 5.63. The summed E-state index contributed by atoms with van der Waals surface area (Å²) in [7, 11) is 0. The van der Waals surface area contributed by atoms with Gasteiger partial charge >= 0.3 is 5.97 Å². The first-order valence-corrected chi connectivity index (χ1v) is 7.13. The van der Waals surface area contributed by atoms with Crippen molar-refractivity contribution in [3.05, 3.63) is 34.7 Å². The predicted molar refractivity (Wildman–Crippen MR) is 83.4 cm³/mol. The van der Waals surface area contributed by atoms with E-state index in [0.29, 0.717) is 16.2 Å². The number of thioether (sulfide) groups is 1. The standard InChI is InChI=1S/C13H12N2O4S2/c1-7(12(17)18)19-9-5-3-2-4-8(9)6-10-11(16)15(14)13(20)21-10/h2-7H,14H2,1H3,(H,17,18)/b10-6-. The van der Waals surface area contributed by atoms with Gasteiger partial charge < -0.3 is 9.84 Å². The van der Waals surface area contributed by atoms with Crippen LogP contribution < -0.4 is 10.6 Å². The van der Waals surface area contributed by atoms with Gasteiger partial charge in [0, 0.05) is 5.56 Å². The molecule has 1 aliphatic rings. The molecular formula is C13H12N2O4S2. The Hall–Kier alpha value is -1.90. The van der Waals surface area contributed by atoms with Crippen LogP contribution in [-0.2, 0) is 9.59 Å². The molecule has 0 saturated carbocycles. The van der Waals surface area contributed by atoms with Crippen LogP contribution in [0.5, 0.6) is 5.75 Å². The molecule has 0 aliphatic carbocycles. The lowest BCUT2D eigenvalue weighted by molar-refractivity contribution is -0.144. The Morgan fingerprint density at radius 2 is 2.19 bits per heavy atom. The van der Waals surface area contributed by atoms with Crippen molar-refractivity contribution in [2.75, 3.05) is 0 Å². The van der Waals surface area contributed by atoms with E-state index in [9.17, 15) is 9.59 Å². The second-order valence-corrected chi connectivity index (χ2v) is 5.86. The number of carboxylic acids is 1. The molecule has 0 aromatic heterocycles. The molecular weight excluding hydrogens is 312 g/mol. The number of carbonyl (C=O) groups excluding carboxylic acids is 1. The van der Waals surface area contributed by atoms with Crippen molar-refractivity contribution in [3.63, 3.8) is 0 Å². The largest absolute Gasteiger partial charge is 0.479 e. The minimum Gasteiger partial charge on any atom is -0.479 e. The molecule has 8 heteroatoms. The van der Waals surface area contributed by atoms with Crippen molar-refractivity contribution in [1.82, 2.24) is 5.01 Å². The van der Waals surface area contributed by atoms with Crippen LogP contribution in [0.15, 0.2) is 29.2 Å². The normalized spacial score (nSPS) is 18.2. The highest BCUT2D eigenvalue weighted by Gasteiger charge is 2.30. The van der Waals surface area contributed by atoms with Gasteiger partial charge in [-0.15, -0.1) is 0 Å². The smallest absolute Gasteiger partial charge is 0.344 e. The Balaban J connectivity index is 2.31. The van der Waals surface area contributed by atoms with Crippen LogP contribution in [0, 0.1) is 0 Å². The molecule has 0 radical (unpaired) electrons. The van der Waals surface area contributed by atoms with Gasteiger partial charge in [-0.3, -0.25) is 4.79 Å². The molecule has 0 bridgehead atoms. The first-order valence-electron chi connectivity index (χ1n) is 5.91. The fourth-order valence-corrected chi connectivity index (χ4v) is 2.66. The van der Waals surface area contributed by atoms with Gasteiger partial charge in [0.2, 0.25) is 0 Å². The topological polar surface area (TPSA) is 92.9 Å². The number of ether oxygens (including phenoxy) is 1. The van der Waals surface area contributed by atoms with E-state index in [0.717, 1.165) is 16.8 Å². The van der Waals surface area contributed by atoms with E-state index in [4.69, 9.17) is 27.9 Å². The van der Waals surface area contributed by atoms with Gasteiger partial charge in [-0.25, -0.2) is 15.6 Å². The number of nitrogens with zero attached hydrogens (tertiary/aromatic N) is 1. The molecule has 1 unspecified atom stereocenters. The van der Waals surface area contributed by atoms with Gasteiger partial charge in [0.1, 0.15) is 5.75 Å². The molecule has 1 amide bonds. The lowest BCUT2D eigenvalue weighted by atomic mass is 10.2. The molecule has 1 heterocycles. The number of carboxylic acid groups (broad SMARTS) is 1. The highest BCUT2D eigenvalue weighted by atomic mass is 32.2. The molecule has 1 aliphatic heterocycles. The minimum atomic E-state index is -1.07. The number of amides is 1. The Morgan fingerprint density at radius 1 is 1.52 bits per heavy atom. The van der Waals surface area contributed by atoms with Gasteiger partial charge in [0.15, 0.2) is 10.4 Å². The molecule has 1 fully saturated rings. The zero-order valence-corrected chi connectivity index (χ0v) is 12.6. The van der Waals surface area contributed by atoms with Crippen molar-refractivity contribution in [2.45, 2.75) is 13.0 Å². The van der Waals surface area contributed by atoms with Crippen molar-refractivity contribution < 1.29 is 19.4 Å². The second-order valence-electron chi connectivity index (χ2n) is 4.19. The predicted octanol–water partition coefficient (Wildman–Crippen LogP) is 1.61. The number of aliphatic carboxylic acids is 1. The minimum absolute atomic E-state index is 0.267. The summed E-state index contributed by atoms with van der Waals surface area (Å²) in [6, 6.07) is 6.82.